The Morgan fingerprint density at radius 2 is 2.00 bits per heavy atom. The second kappa shape index (κ2) is 4.45. The van der Waals surface area contributed by atoms with Crippen molar-refractivity contribution in [2.45, 2.75) is 6.92 Å². The molecule has 0 unspecified atom stereocenters. The summed E-state index contributed by atoms with van der Waals surface area (Å²) in [6.07, 6.45) is 0. The van der Waals surface area contributed by atoms with Crippen LogP contribution in [-0.2, 0) is 0 Å². The van der Waals surface area contributed by atoms with E-state index in [0.717, 1.165) is 46.9 Å². The second-order valence-electron chi connectivity index (χ2n) is 5.58. The van der Waals surface area contributed by atoms with Crippen molar-refractivity contribution in [2.24, 2.45) is 15.3 Å². The first kappa shape index (κ1) is 12.5. The Hall–Kier alpha value is -3.09. The summed E-state index contributed by atoms with van der Waals surface area (Å²) in [5.41, 5.74) is 3.64. The number of aliphatic imine (C=N–C) groups is 1. The molecule has 2 aliphatic heterocycles. The molecular weight excluding hydrogens is 290 g/mol. The first-order valence-corrected chi connectivity index (χ1v) is 7.51. The fraction of sp³-hybridized carbons (Fsp3) is 0.188. The first-order chi connectivity index (χ1) is 11.3. The van der Waals surface area contributed by atoms with E-state index in [-0.39, 0.29) is 0 Å². The van der Waals surface area contributed by atoms with Gasteiger partial charge >= 0.3 is 0 Å². The predicted molar refractivity (Wildman–Crippen MR) is 86.2 cm³/mol. The molecule has 5 rings (SSSR count). The molecule has 0 atom stereocenters. The van der Waals surface area contributed by atoms with Gasteiger partial charge in [0.15, 0.2) is 17.3 Å². The fourth-order valence-corrected chi connectivity index (χ4v) is 3.01. The molecule has 0 radical (unpaired) electrons. The maximum absolute atomic E-state index is 4.71. The van der Waals surface area contributed by atoms with E-state index in [4.69, 9.17) is 4.98 Å². The molecule has 7 nitrogen and oxygen atoms in total. The van der Waals surface area contributed by atoms with Crippen molar-refractivity contribution < 1.29 is 0 Å². The summed E-state index contributed by atoms with van der Waals surface area (Å²) >= 11 is 0. The third-order valence-corrected chi connectivity index (χ3v) is 4.13. The minimum absolute atomic E-state index is 0.603. The second-order valence-corrected chi connectivity index (χ2v) is 5.58. The molecule has 112 valence electrons. The number of fused-ring (bicyclic) bond motifs is 4. The third kappa shape index (κ3) is 1.73. The highest BCUT2D eigenvalue weighted by molar-refractivity contribution is 6.06. The molecule has 0 fully saturated rings. The maximum atomic E-state index is 4.71. The van der Waals surface area contributed by atoms with Gasteiger partial charge in [0.1, 0.15) is 0 Å². The van der Waals surface area contributed by atoms with Crippen molar-refractivity contribution in [1.82, 2.24) is 19.8 Å². The summed E-state index contributed by atoms with van der Waals surface area (Å²) in [5.74, 6) is 1.46. The molecule has 0 N–H and O–H groups in total. The molecule has 0 aliphatic carbocycles. The van der Waals surface area contributed by atoms with Gasteiger partial charge in [0.2, 0.25) is 0 Å². The average Bonchev–Trinajstić information content (AvgIpc) is 3.19. The van der Waals surface area contributed by atoms with Gasteiger partial charge in [-0.15, -0.1) is 5.11 Å². The minimum atomic E-state index is 0.603. The Bertz CT molecular complexity index is 985. The maximum Gasteiger partial charge on any atom is 0.189 e. The van der Waals surface area contributed by atoms with E-state index >= 15 is 0 Å². The van der Waals surface area contributed by atoms with Crippen LogP contribution in [0.15, 0.2) is 51.7 Å². The van der Waals surface area contributed by atoms with Gasteiger partial charge in [0.05, 0.1) is 30.0 Å². The molecule has 2 aliphatic rings. The van der Waals surface area contributed by atoms with E-state index in [1.165, 1.54) is 0 Å². The number of aromatic nitrogens is 3. The smallest absolute Gasteiger partial charge is 0.189 e. The number of hydrogen-bond donors (Lipinski definition) is 0. The van der Waals surface area contributed by atoms with Crippen LogP contribution in [0.1, 0.15) is 11.3 Å². The van der Waals surface area contributed by atoms with E-state index in [2.05, 4.69) is 26.5 Å². The van der Waals surface area contributed by atoms with Gasteiger partial charge in [-0.25, -0.2) is 14.7 Å². The largest absolute Gasteiger partial charge is 0.264 e. The number of amidine groups is 1. The van der Waals surface area contributed by atoms with Gasteiger partial charge in [0.25, 0.3) is 0 Å². The Morgan fingerprint density at radius 1 is 1.13 bits per heavy atom. The van der Waals surface area contributed by atoms with Crippen molar-refractivity contribution in [3.8, 4) is 5.69 Å². The average molecular weight is 303 g/mol. The van der Waals surface area contributed by atoms with Crippen molar-refractivity contribution in [3.05, 3.63) is 47.7 Å². The standard InChI is InChI=1S/C16H13N7/c1-10-12-9-13-14(19-21-22-8-7-17-15(13)22)18-16(12)23(20-10)11-5-3-2-4-6-11/h2-6,9H,7-8H2,1H3. The monoisotopic (exact) mass is 303 g/mol. The van der Waals surface area contributed by atoms with Crippen LogP contribution in [0.4, 0.5) is 5.82 Å². The fourth-order valence-electron chi connectivity index (χ4n) is 3.01. The number of aryl methyl sites for hydroxylation is 1. The zero-order valence-corrected chi connectivity index (χ0v) is 12.5. The Kier molecular flexibility index (Phi) is 2.41. The molecule has 3 aromatic rings. The van der Waals surface area contributed by atoms with Gasteiger partial charge < -0.3 is 0 Å². The number of hydrogen-bond acceptors (Lipinski definition) is 6. The van der Waals surface area contributed by atoms with Crippen molar-refractivity contribution >= 4 is 22.7 Å². The molecule has 2 aromatic heterocycles. The molecule has 1 aromatic carbocycles. The zero-order chi connectivity index (χ0) is 15.4. The number of benzene rings is 1. The quantitative estimate of drug-likeness (QED) is 0.694. The van der Waals surface area contributed by atoms with Crippen LogP contribution >= 0.6 is 0 Å². The third-order valence-electron chi connectivity index (χ3n) is 4.13. The summed E-state index contributed by atoms with van der Waals surface area (Å²) in [6, 6.07) is 12.1. The van der Waals surface area contributed by atoms with Crippen molar-refractivity contribution in [3.63, 3.8) is 0 Å². The molecule has 0 bridgehead atoms. The molecule has 4 heterocycles. The van der Waals surface area contributed by atoms with Crippen molar-refractivity contribution in [2.75, 3.05) is 13.1 Å². The molecule has 0 amide bonds. The lowest BCUT2D eigenvalue weighted by molar-refractivity contribution is 0.451. The van der Waals surface area contributed by atoms with Crippen LogP contribution in [0.5, 0.6) is 0 Å². The zero-order valence-electron chi connectivity index (χ0n) is 12.5. The SMILES string of the molecule is Cc1nn(-c2ccccc2)c2nc3c(cc12)C1=NCCN1N=N3. The molecule has 0 saturated carbocycles. The van der Waals surface area contributed by atoms with Gasteiger partial charge in [-0.2, -0.15) is 5.10 Å². The highest BCUT2D eigenvalue weighted by Crippen LogP contribution is 2.31. The number of pyridine rings is 1. The van der Waals surface area contributed by atoms with Crippen molar-refractivity contribution in [1.29, 1.82) is 0 Å². The predicted octanol–water partition coefficient (Wildman–Crippen LogP) is 2.80. The van der Waals surface area contributed by atoms with Gasteiger partial charge in [-0.3, -0.25) is 4.99 Å². The Labute approximate surface area is 132 Å². The van der Waals surface area contributed by atoms with E-state index in [1.54, 1.807) is 0 Å². The first-order valence-electron chi connectivity index (χ1n) is 7.51. The lowest BCUT2D eigenvalue weighted by atomic mass is 10.1. The molecule has 7 heteroatoms. The summed E-state index contributed by atoms with van der Waals surface area (Å²) < 4.78 is 1.85. The Morgan fingerprint density at radius 3 is 2.87 bits per heavy atom. The van der Waals surface area contributed by atoms with Gasteiger partial charge in [0, 0.05) is 5.39 Å². The molecule has 0 spiro atoms. The highest BCUT2D eigenvalue weighted by atomic mass is 15.6. The number of nitrogens with zero attached hydrogens (tertiary/aromatic N) is 7. The Balaban J connectivity index is 1.79. The van der Waals surface area contributed by atoms with Crippen LogP contribution in [-0.4, -0.2) is 38.7 Å². The highest BCUT2D eigenvalue weighted by Gasteiger charge is 2.27. The van der Waals surface area contributed by atoms with Gasteiger partial charge in [-0.05, 0) is 25.1 Å². The molecule has 23 heavy (non-hydrogen) atoms. The topological polar surface area (TPSA) is 71.0 Å². The number of rotatable bonds is 1. The van der Waals surface area contributed by atoms with Gasteiger partial charge in [-0.1, -0.05) is 23.4 Å². The summed E-state index contributed by atoms with van der Waals surface area (Å²) in [4.78, 5) is 9.23. The number of para-hydroxylation sites is 1. The van der Waals surface area contributed by atoms with E-state index in [9.17, 15) is 0 Å². The summed E-state index contributed by atoms with van der Waals surface area (Å²) in [7, 11) is 0. The van der Waals surface area contributed by atoms with Crippen LogP contribution < -0.4 is 0 Å². The molecular formula is C16H13N7. The summed E-state index contributed by atoms with van der Waals surface area (Å²) in [5, 5.41) is 15.9. The van der Waals surface area contributed by atoms with E-state index in [0.29, 0.717) is 5.82 Å². The van der Waals surface area contributed by atoms with Crippen LogP contribution in [0.2, 0.25) is 0 Å². The van der Waals surface area contributed by atoms with Crippen LogP contribution in [0, 0.1) is 6.92 Å². The minimum Gasteiger partial charge on any atom is -0.264 e. The summed E-state index contributed by atoms with van der Waals surface area (Å²) in [6.45, 7) is 3.51. The van der Waals surface area contributed by atoms with E-state index in [1.807, 2.05) is 46.9 Å². The lowest BCUT2D eigenvalue weighted by Gasteiger charge is -2.18. The normalized spacial score (nSPS) is 15.7. The van der Waals surface area contributed by atoms with Crippen LogP contribution in [0.3, 0.4) is 0 Å². The lowest BCUT2D eigenvalue weighted by Crippen LogP contribution is -2.24. The van der Waals surface area contributed by atoms with Crippen LogP contribution in [0.25, 0.3) is 16.7 Å². The van der Waals surface area contributed by atoms with E-state index < -0.39 is 0 Å². The molecule has 0 saturated heterocycles.